The first-order chi connectivity index (χ1) is 10.3. The maximum atomic E-state index is 11.9. The molecule has 22 heavy (non-hydrogen) atoms. The molecule has 2 unspecified atom stereocenters. The third-order valence-corrected chi connectivity index (χ3v) is 4.06. The van der Waals surface area contributed by atoms with Crippen LogP contribution in [0, 0.1) is 3.57 Å². The average Bonchev–Trinajstić information content (AvgIpc) is 2.46. The van der Waals surface area contributed by atoms with E-state index in [1.807, 2.05) is 12.1 Å². The Balaban J connectivity index is 2.45. The SMILES string of the molecule is C=C(C)C(=O)OCC(Cl)CC(Cl)C(=O)Oc1ccccc1I. The molecule has 0 radical (unpaired) electrons. The summed E-state index contributed by atoms with van der Waals surface area (Å²) in [6.45, 7) is 4.95. The van der Waals surface area contributed by atoms with Crippen LogP contribution in [-0.4, -0.2) is 29.3 Å². The van der Waals surface area contributed by atoms with Crippen molar-refractivity contribution < 1.29 is 19.1 Å². The number of rotatable bonds is 7. The maximum Gasteiger partial charge on any atom is 0.333 e. The molecule has 0 bridgehead atoms. The van der Waals surface area contributed by atoms with E-state index >= 15 is 0 Å². The van der Waals surface area contributed by atoms with E-state index in [1.165, 1.54) is 6.92 Å². The first-order valence-electron chi connectivity index (χ1n) is 6.38. The molecule has 4 nitrogen and oxygen atoms in total. The molecule has 0 heterocycles. The van der Waals surface area contributed by atoms with Gasteiger partial charge in [0.25, 0.3) is 0 Å². The summed E-state index contributed by atoms with van der Waals surface area (Å²) in [5.74, 6) is -0.681. The molecular weight excluding hydrogens is 442 g/mol. The number of hydrogen-bond donors (Lipinski definition) is 0. The predicted molar refractivity (Wildman–Crippen MR) is 94.5 cm³/mol. The summed E-state index contributed by atoms with van der Waals surface area (Å²) in [7, 11) is 0. The van der Waals surface area contributed by atoms with Crippen molar-refractivity contribution in [2.24, 2.45) is 0 Å². The predicted octanol–water partition coefficient (Wildman–Crippen LogP) is 3.92. The van der Waals surface area contributed by atoms with Gasteiger partial charge in [-0.1, -0.05) is 18.7 Å². The van der Waals surface area contributed by atoms with Crippen LogP contribution in [0.2, 0.25) is 0 Å². The van der Waals surface area contributed by atoms with Crippen molar-refractivity contribution in [1.29, 1.82) is 0 Å². The van der Waals surface area contributed by atoms with E-state index in [0.717, 1.165) is 3.57 Å². The van der Waals surface area contributed by atoms with Crippen LogP contribution in [0.1, 0.15) is 13.3 Å². The van der Waals surface area contributed by atoms with Gasteiger partial charge in [0, 0.05) is 5.57 Å². The zero-order valence-corrected chi connectivity index (χ0v) is 15.5. The van der Waals surface area contributed by atoms with Gasteiger partial charge in [-0.2, -0.15) is 0 Å². The normalized spacial score (nSPS) is 13.1. The van der Waals surface area contributed by atoms with Gasteiger partial charge >= 0.3 is 11.9 Å². The highest BCUT2D eigenvalue weighted by Gasteiger charge is 2.23. The van der Waals surface area contributed by atoms with Crippen LogP contribution >= 0.6 is 45.8 Å². The van der Waals surface area contributed by atoms with Gasteiger partial charge in [0.1, 0.15) is 17.7 Å². The number of hydrogen-bond acceptors (Lipinski definition) is 4. The monoisotopic (exact) mass is 456 g/mol. The summed E-state index contributed by atoms with van der Waals surface area (Å²) < 4.78 is 10.9. The molecule has 0 spiro atoms. The average molecular weight is 457 g/mol. The van der Waals surface area contributed by atoms with E-state index in [9.17, 15) is 9.59 Å². The largest absolute Gasteiger partial charge is 0.461 e. The molecule has 0 aliphatic carbocycles. The van der Waals surface area contributed by atoms with Crippen molar-refractivity contribution in [3.63, 3.8) is 0 Å². The summed E-state index contributed by atoms with van der Waals surface area (Å²) >= 11 is 14.0. The Morgan fingerprint density at radius 3 is 2.55 bits per heavy atom. The van der Waals surface area contributed by atoms with Crippen molar-refractivity contribution in [2.45, 2.75) is 24.1 Å². The number of alkyl halides is 2. The minimum absolute atomic E-state index is 0.0490. The van der Waals surface area contributed by atoms with Crippen LogP contribution in [0.25, 0.3) is 0 Å². The quantitative estimate of drug-likeness (QED) is 0.205. The molecule has 1 aromatic carbocycles. The van der Waals surface area contributed by atoms with Gasteiger partial charge in [-0.05, 0) is 48.1 Å². The van der Waals surface area contributed by atoms with Gasteiger partial charge < -0.3 is 9.47 Å². The molecule has 0 aromatic heterocycles. The molecule has 0 fully saturated rings. The van der Waals surface area contributed by atoms with Crippen LogP contribution in [0.3, 0.4) is 0 Å². The van der Waals surface area contributed by atoms with E-state index < -0.39 is 22.7 Å². The molecular formula is C15H15Cl2IO4. The van der Waals surface area contributed by atoms with Crippen LogP contribution in [0.4, 0.5) is 0 Å². The second-order valence-electron chi connectivity index (χ2n) is 4.53. The van der Waals surface area contributed by atoms with Crippen molar-refractivity contribution >= 4 is 57.7 Å². The number of carbonyl (C=O) groups is 2. The Morgan fingerprint density at radius 1 is 1.32 bits per heavy atom. The topological polar surface area (TPSA) is 52.6 Å². The molecule has 7 heteroatoms. The van der Waals surface area contributed by atoms with Gasteiger partial charge in [-0.15, -0.1) is 23.2 Å². The Hall–Kier alpha value is -0.790. The number of esters is 2. The third kappa shape index (κ3) is 6.54. The minimum Gasteiger partial charge on any atom is -0.461 e. The molecule has 0 aliphatic rings. The summed E-state index contributed by atoms with van der Waals surface area (Å²) in [5.41, 5.74) is 0.282. The summed E-state index contributed by atoms with van der Waals surface area (Å²) in [5, 5.41) is -1.52. The maximum absolute atomic E-state index is 11.9. The molecule has 0 N–H and O–H groups in total. The van der Waals surface area contributed by atoms with Gasteiger partial charge in [0.2, 0.25) is 0 Å². The van der Waals surface area contributed by atoms with Crippen molar-refractivity contribution in [3.8, 4) is 5.75 Å². The smallest absolute Gasteiger partial charge is 0.333 e. The van der Waals surface area contributed by atoms with Gasteiger partial charge in [-0.3, -0.25) is 4.79 Å². The van der Waals surface area contributed by atoms with Crippen molar-refractivity contribution in [1.82, 2.24) is 0 Å². The summed E-state index contributed by atoms with van der Waals surface area (Å²) in [6.07, 6.45) is 0.120. The second-order valence-corrected chi connectivity index (χ2v) is 6.84. The molecule has 1 aromatic rings. The van der Waals surface area contributed by atoms with Gasteiger partial charge in [-0.25, -0.2) is 4.79 Å². The van der Waals surface area contributed by atoms with Gasteiger partial charge in [0.15, 0.2) is 0 Å². The highest BCUT2D eigenvalue weighted by atomic mass is 127. The molecule has 0 saturated heterocycles. The number of para-hydroxylation sites is 1. The number of ether oxygens (including phenoxy) is 2. The molecule has 1 rings (SSSR count). The lowest BCUT2D eigenvalue weighted by atomic mass is 10.2. The summed E-state index contributed by atoms with van der Waals surface area (Å²) in [4.78, 5) is 23.1. The second kappa shape index (κ2) is 9.37. The lowest BCUT2D eigenvalue weighted by Gasteiger charge is -2.14. The molecule has 0 saturated carbocycles. The van der Waals surface area contributed by atoms with Crippen LogP contribution in [0.5, 0.6) is 5.75 Å². The molecule has 0 amide bonds. The Bertz CT molecular complexity index is 562. The zero-order chi connectivity index (χ0) is 16.7. The van der Waals surface area contributed by atoms with Crippen molar-refractivity contribution in [3.05, 3.63) is 40.0 Å². The minimum atomic E-state index is -0.929. The van der Waals surface area contributed by atoms with Crippen LogP contribution in [0.15, 0.2) is 36.4 Å². The van der Waals surface area contributed by atoms with Crippen LogP contribution < -0.4 is 4.74 Å². The Morgan fingerprint density at radius 2 is 1.95 bits per heavy atom. The fourth-order valence-corrected chi connectivity index (χ4v) is 2.47. The number of benzene rings is 1. The first kappa shape index (κ1) is 19.3. The molecule has 120 valence electrons. The van der Waals surface area contributed by atoms with E-state index in [1.54, 1.807) is 12.1 Å². The fraction of sp³-hybridized carbons (Fsp3) is 0.333. The lowest BCUT2D eigenvalue weighted by molar-refractivity contribution is -0.138. The lowest BCUT2D eigenvalue weighted by Crippen LogP contribution is -2.26. The fourth-order valence-electron chi connectivity index (χ4n) is 1.38. The summed E-state index contributed by atoms with van der Waals surface area (Å²) in [6, 6.07) is 7.08. The Labute approximate surface area is 152 Å². The van der Waals surface area contributed by atoms with E-state index in [2.05, 4.69) is 29.2 Å². The molecule has 0 aliphatic heterocycles. The standard InChI is InChI=1S/C15H15Cl2IO4/c1-9(2)14(19)21-8-10(16)7-11(17)15(20)22-13-6-4-3-5-12(13)18/h3-6,10-11H,1,7-8H2,2H3. The first-order valence-corrected chi connectivity index (χ1v) is 8.33. The third-order valence-electron chi connectivity index (χ3n) is 2.51. The van der Waals surface area contributed by atoms with E-state index in [0.29, 0.717) is 5.75 Å². The number of carbonyl (C=O) groups excluding carboxylic acids is 2. The zero-order valence-electron chi connectivity index (χ0n) is 11.9. The highest BCUT2D eigenvalue weighted by molar-refractivity contribution is 14.1. The Kier molecular flexibility index (Phi) is 8.20. The van der Waals surface area contributed by atoms with Crippen molar-refractivity contribution in [2.75, 3.05) is 6.61 Å². The van der Waals surface area contributed by atoms with E-state index in [4.69, 9.17) is 32.7 Å². The van der Waals surface area contributed by atoms with E-state index in [-0.39, 0.29) is 18.6 Å². The van der Waals surface area contributed by atoms with Gasteiger partial charge in [0.05, 0.1) is 8.95 Å². The molecule has 2 atom stereocenters. The van der Waals surface area contributed by atoms with Crippen LogP contribution in [-0.2, 0) is 14.3 Å². The highest BCUT2D eigenvalue weighted by Crippen LogP contribution is 2.22. The number of halogens is 3.